The molecule has 3 heterocycles. The van der Waals surface area contributed by atoms with Crippen molar-refractivity contribution >= 4 is 21.6 Å². The van der Waals surface area contributed by atoms with Gasteiger partial charge in [0.05, 0.1) is 42.7 Å². The van der Waals surface area contributed by atoms with Crippen molar-refractivity contribution in [1.82, 2.24) is 29.9 Å². The minimum atomic E-state index is -3.35. The first kappa shape index (κ1) is 21.0. The lowest BCUT2D eigenvalue weighted by molar-refractivity contribution is 0.106. The summed E-state index contributed by atoms with van der Waals surface area (Å²) in [6.45, 7) is 2.25. The number of sulfonamides is 1. The SMILES string of the molecule is CNCOCc1cc(-c2cc([C@H]3CNCCN3S(C)(=O)=O)cc(Cl)n2)ncn1. The maximum atomic E-state index is 12.2. The van der Waals surface area contributed by atoms with Gasteiger partial charge >= 0.3 is 0 Å². The van der Waals surface area contributed by atoms with Crippen molar-refractivity contribution < 1.29 is 13.2 Å². The number of aromatic nitrogens is 3. The van der Waals surface area contributed by atoms with Crippen LogP contribution in [0.4, 0.5) is 0 Å². The first-order chi connectivity index (χ1) is 13.4. The molecule has 1 atom stereocenters. The predicted octanol–water partition coefficient (Wildman–Crippen LogP) is 0.791. The van der Waals surface area contributed by atoms with Crippen molar-refractivity contribution in [2.24, 2.45) is 0 Å². The number of pyridine rings is 1. The number of rotatable bonds is 7. The third-order valence-corrected chi connectivity index (χ3v) is 5.79. The van der Waals surface area contributed by atoms with Gasteiger partial charge in [-0.15, -0.1) is 0 Å². The van der Waals surface area contributed by atoms with Gasteiger partial charge in [0.25, 0.3) is 0 Å². The van der Waals surface area contributed by atoms with Gasteiger partial charge in [0.2, 0.25) is 10.0 Å². The van der Waals surface area contributed by atoms with Crippen LogP contribution in [0, 0.1) is 0 Å². The minimum absolute atomic E-state index is 0.276. The third-order valence-electron chi connectivity index (χ3n) is 4.30. The molecule has 0 aromatic carbocycles. The highest BCUT2D eigenvalue weighted by Gasteiger charge is 2.31. The van der Waals surface area contributed by atoms with E-state index in [1.165, 1.54) is 16.9 Å². The van der Waals surface area contributed by atoms with E-state index in [-0.39, 0.29) is 11.2 Å². The number of hydrogen-bond donors (Lipinski definition) is 2. The van der Waals surface area contributed by atoms with Crippen LogP contribution in [0.1, 0.15) is 17.3 Å². The number of halogens is 1. The molecule has 0 bridgehead atoms. The summed E-state index contributed by atoms with van der Waals surface area (Å²) in [6, 6.07) is 4.94. The molecule has 0 aliphatic carbocycles. The lowest BCUT2D eigenvalue weighted by Crippen LogP contribution is -2.48. The molecule has 28 heavy (non-hydrogen) atoms. The zero-order valence-electron chi connectivity index (χ0n) is 15.7. The predicted molar refractivity (Wildman–Crippen MR) is 106 cm³/mol. The first-order valence-electron chi connectivity index (χ1n) is 8.77. The fourth-order valence-electron chi connectivity index (χ4n) is 3.08. The molecule has 3 rings (SSSR count). The molecular formula is C17H23ClN6O3S. The normalized spacial score (nSPS) is 18.3. The monoisotopic (exact) mass is 426 g/mol. The second-order valence-corrected chi connectivity index (χ2v) is 8.77. The third kappa shape index (κ3) is 5.22. The van der Waals surface area contributed by atoms with Crippen molar-refractivity contribution in [3.8, 4) is 11.4 Å². The molecule has 1 aliphatic heterocycles. The molecule has 152 valence electrons. The number of piperazine rings is 1. The van der Waals surface area contributed by atoms with E-state index in [0.29, 0.717) is 50.1 Å². The molecule has 1 aliphatic rings. The fraction of sp³-hybridized carbons (Fsp3) is 0.471. The van der Waals surface area contributed by atoms with Crippen LogP contribution < -0.4 is 10.6 Å². The molecule has 0 spiro atoms. The van der Waals surface area contributed by atoms with Crippen molar-refractivity contribution in [2.75, 3.05) is 39.7 Å². The Labute approximate surface area is 169 Å². The first-order valence-corrected chi connectivity index (χ1v) is 11.0. The summed E-state index contributed by atoms with van der Waals surface area (Å²) in [5.74, 6) is 0. The summed E-state index contributed by atoms with van der Waals surface area (Å²) in [4.78, 5) is 12.8. The van der Waals surface area contributed by atoms with E-state index in [9.17, 15) is 8.42 Å². The largest absolute Gasteiger partial charge is 0.360 e. The Morgan fingerprint density at radius 3 is 2.89 bits per heavy atom. The van der Waals surface area contributed by atoms with Crippen LogP contribution in [0.5, 0.6) is 0 Å². The maximum absolute atomic E-state index is 12.2. The smallest absolute Gasteiger partial charge is 0.211 e. The summed E-state index contributed by atoms with van der Waals surface area (Å²) in [6.07, 6.45) is 2.66. The van der Waals surface area contributed by atoms with Gasteiger partial charge in [-0.1, -0.05) is 11.6 Å². The van der Waals surface area contributed by atoms with Gasteiger partial charge in [-0.3, -0.25) is 5.32 Å². The Bertz CT molecular complexity index is 927. The van der Waals surface area contributed by atoms with E-state index in [4.69, 9.17) is 16.3 Å². The zero-order valence-corrected chi connectivity index (χ0v) is 17.3. The lowest BCUT2D eigenvalue weighted by atomic mass is 10.0. The van der Waals surface area contributed by atoms with E-state index in [0.717, 1.165) is 5.56 Å². The topological polar surface area (TPSA) is 109 Å². The van der Waals surface area contributed by atoms with Gasteiger partial charge in [0.15, 0.2) is 0 Å². The van der Waals surface area contributed by atoms with E-state index in [1.807, 2.05) is 6.07 Å². The van der Waals surface area contributed by atoms with Crippen LogP contribution in [-0.2, 0) is 21.4 Å². The molecule has 2 N–H and O–H groups in total. The second-order valence-electron chi connectivity index (χ2n) is 6.44. The van der Waals surface area contributed by atoms with Crippen molar-refractivity contribution in [2.45, 2.75) is 12.6 Å². The minimum Gasteiger partial charge on any atom is -0.360 e. The van der Waals surface area contributed by atoms with E-state index in [1.54, 1.807) is 19.2 Å². The molecule has 0 radical (unpaired) electrons. The maximum Gasteiger partial charge on any atom is 0.211 e. The summed E-state index contributed by atoms with van der Waals surface area (Å²) >= 11 is 6.25. The number of hydrogen-bond acceptors (Lipinski definition) is 8. The Kier molecular flexibility index (Phi) is 6.91. The van der Waals surface area contributed by atoms with Crippen LogP contribution >= 0.6 is 11.6 Å². The average Bonchev–Trinajstić information content (AvgIpc) is 2.67. The van der Waals surface area contributed by atoms with Crippen molar-refractivity contribution in [3.63, 3.8) is 0 Å². The van der Waals surface area contributed by atoms with Gasteiger partial charge in [-0.05, 0) is 30.8 Å². The standard InChI is InChI=1S/C17H23ClN6O3S/c1-19-11-27-9-13-7-14(22-10-21-13)15-5-12(6-17(18)23-15)16-8-20-3-4-24(16)28(2,25)26/h5-7,10,16,19-20H,3-4,8-9,11H2,1-2H3/t16-/m1/s1. The van der Waals surface area contributed by atoms with Crippen molar-refractivity contribution in [3.05, 3.63) is 40.9 Å². The van der Waals surface area contributed by atoms with Crippen LogP contribution in [0.3, 0.4) is 0 Å². The lowest BCUT2D eigenvalue weighted by Gasteiger charge is -2.34. The van der Waals surface area contributed by atoms with Gasteiger partial charge in [0.1, 0.15) is 11.5 Å². The fourth-order valence-corrected chi connectivity index (χ4v) is 4.38. The molecule has 0 saturated carbocycles. The summed E-state index contributed by atoms with van der Waals surface area (Å²) in [5, 5.41) is 6.41. The number of nitrogens with one attached hydrogen (secondary N) is 2. The average molecular weight is 427 g/mol. The van der Waals surface area contributed by atoms with Gasteiger partial charge in [0, 0.05) is 19.6 Å². The van der Waals surface area contributed by atoms with Gasteiger partial charge in [-0.2, -0.15) is 4.31 Å². The molecule has 2 aromatic heterocycles. The molecule has 1 fully saturated rings. The highest BCUT2D eigenvalue weighted by Crippen LogP contribution is 2.29. The molecule has 1 saturated heterocycles. The number of ether oxygens (including phenoxy) is 1. The van der Waals surface area contributed by atoms with Crippen LogP contribution in [0.25, 0.3) is 11.4 Å². The molecule has 0 amide bonds. The van der Waals surface area contributed by atoms with Gasteiger partial charge < -0.3 is 10.1 Å². The summed E-state index contributed by atoms with van der Waals surface area (Å²) in [5.41, 5.74) is 2.62. The Morgan fingerprint density at radius 2 is 2.14 bits per heavy atom. The van der Waals surface area contributed by atoms with Crippen molar-refractivity contribution in [1.29, 1.82) is 0 Å². The highest BCUT2D eigenvalue weighted by molar-refractivity contribution is 7.88. The van der Waals surface area contributed by atoms with E-state index < -0.39 is 10.0 Å². The second kappa shape index (κ2) is 9.21. The summed E-state index contributed by atoms with van der Waals surface area (Å²) in [7, 11) is -1.56. The van der Waals surface area contributed by atoms with Crippen LogP contribution in [0.2, 0.25) is 5.15 Å². The van der Waals surface area contributed by atoms with Gasteiger partial charge in [-0.25, -0.2) is 23.4 Å². The molecule has 9 nitrogen and oxygen atoms in total. The number of nitrogens with zero attached hydrogens (tertiary/aromatic N) is 4. The van der Waals surface area contributed by atoms with E-state index in [2.05, 4.69) is 25.6 Å². The Hall–Kier alpha value is -1.69. The Morgan fingerprint density at radius 1 is 1.32 bits per heavy atom. The molecule has 11 heteroatoms. The van der Waals surface area contributed by atoms with Crippen LogP contribution in [-0.4, -0.2) is 67.3 Å². The van der Waals surface area contributed by atoms with E-state index >= 15 is 0 Å². The summed E-state index contributed by atoms with van der Waals surface area (Å²) < 4.78 is 31.3. The zero-order chi connectivity index (χ0) is 20.1. The molecule has 2 aromatic rings. The molecular weight excluding hydrogens is 404 g/mol. The quantitative estimate of drug-likeness (QED) is 0.380. The highest BCUT2D eigenvalue weighted by atomic mass is 35.5. The van der Waals surface area contributed by atoms with Crippen LogP contribution in [0.15, 0.2) is 24.5 Å². The molecule has 0 unspecified atom stereocenters. The Balaban J connectivity index is 1.92.